The largest absolute Gasteiger partial charge is 0.311 e. The van der Waals surface area contributed by atoms with Crippen molar-refractivity contribution in [2.75, 3.05) is 13.1 Å². The summed E-state index contributed by atoms with van der Waals surface area (Å²) in [4.78, 5) is 0. The Balaban J connectivity index is 0.000000186. The Bertz CT molecular complexity index is 398. The van der Waals surface area contributed by atoms with Crippen LogP contribution in [-0.2, 0) is 0 Å². The molecule has 4 rings (SSSR count). The first-order valence-corrected chi connectivity index (χ1v) is 12.9. The molecule has 0 aromatic heterocycles. The van der Waals surface area contributed by atoms with Gasteiger partial charge in [-0.05, 0) is 94.5 Å². The van der Waals surface area contributed by atoms with Crippen LogP contribution in [0.2, 0.25) is 0 Å². The maximum atomic E-state index is 3.87. The van der Waals surface area contributed by atoms with Gasteiger partial charge < -0.3 is 10.6 Å². The molecule has 2 spiro atoms. The molecule has 0 aromatic carbocycles. The molecule has 2 heterocycles. The van der Waals surface area contributed by atoms with E-state index < -0.39 is 0 Å². The van der Waals surface area contributed by atoms with Crippen LogP contribution in [0.15, 0.2) is 0 Å². The highest BCUT2D eigenvalue weighted by Gasteiger charge is 2.40. The van der Waals surface area contributed by atoms with Crippen LogP contribution < -0.4 is 10.6 Å². The van der Waals surface area contributed by atoms with E-state index in [0.29, 0.717) is 11.1 Å². The van der Waals surface area contributed by atoms with Crippen LogP contribution in [0, 0.1) is 23.7 Å². The van der Waals surface area contributed by atoms with Gasteiger partial charge in [-0.1, -0.05) is 60.8 Å². The average molecular weight is 393 g/mol. The maximum Gasteiger partial charge on any atom is 0.0181 e. The smallest absolute Gasteiger partial charge is 0.0181 e. The van der Waals surface area contributed by atoms with Crippen molar-refractivity contribution in [3.63, 3.8) is 0 Å². The molecule has 2 aliphatic heterocycles. The number of hydrogen-bond acceptors (Lipinski definition) is 2. The highest BCUT2D eigenvalue weighted by Crippen LogP contribution is 2.40. The van der Waals surface area contributed by atoms with E-state index >= 15 is 0 Å². The minimum absolute atomic E-state index is 0.573. The molecule has 2 nitrogen and oxygen atoms in total. The molecule has 0 aromatic rings. The molecule has 2 unspecified atom stereocenters. The fraction of sp³-hybridized carbons (Fsp3) is 1.00. The molecule has 0 amide bonds. The molecule has 0 radical (unpaired) electrons. The van der Waals surface area contributed by atoms with Crippen LogP contribution >= 0.6 is 0 Å². The predicted octanol–water partition coefficient (Wildman–Crippen LogP) is 6.94. The number of nitrogens with one attached hydrogen (secondary N) is 2. The Kier molecular flexibility index (Phi) is 9.81. The van der Waals surface area contributed by atoms with Gasteiger partial charge >= 0.3 is 0 Å². The Labute approximate surface area is 177 Å². The number of piperidine rings is 2. The zero-order chi connectivity index (χ0) is 20.6. The van der Waals surface area contributed by atoms with E-state index in [1.165, 1.54) is 90.1 Å². The van der Waals surface area contributed by atoms with Gasteiger partial charge in [0.2, 0.25) is 0 Å². The summed E-state index contributed by atoms with van der Waals surface area (Å²) in [6.07, 6.45) is 17.4. The summed E-state index contributed by atoms with van der Waals surface area (Å²) in [5.74, 6) is 3.61. The van der Waals surface area contributed by atoms with Crippen LogP contribution in [0.25, 0.3) is 0 Å². The summed E-state index contributed by atoms with van der Waals surface area (Å²) in [5.41, 5.74) is 1.19. The molecule has 2 atom stereocenters. The first-order chi connectivity index (χ1) is 13.4. The maximum absolute atomic E-state index is 3.87. The van der Waals surface area contributed by atoms with Crippen molar-refractivity contribution in [2.45, 2.75) is 130 Å². The van der Waals surface area contributed by atoms with Gasteiger partial charge in [0.1, 0.15) is 0 Å². The van der Waals surface area contributed by atoms with E-state index in [2.05, 4.69) is 38.3 Å². The van der Waals surface area contributed by atoms with Crippen LogP contribution in [0.3, 0.4) is 0 Å². The number of hydrogen-bond donors (Lipinski definition) is 2. The summed E-state index contributed by atoms with van der Waals surface area (Å²) < 4.78 is 0. The number of rotatable bonds is 2. The lowest BCUT2D eigenvalue weighted by molar-refractivity contribution is 0.101. The van der Waals surface area contributed by atoms with Gasteiger partial charge in [-0.25, -0.2) is 0 Å². The van der Waals surface area contributed by atoms with Gasteiger partial charge in [-0.2, -0.15) is 0 Å². The lowest BCUT2D eigenvalue weighted by atomic mass is 9.69. The monoisotopic (exact) mass is 392 g/mol. The van der Waals surface area contributed by atoms with Crippen molar-refractivity contribution in [1.82, 2.24) is 10.6 Å². The Morgan fingerprint density at radius 1 is 0.571 bits per heavy atom. The van der Waals surface area contributed by atoms with Crippen molar-refractivity contribution < 1.29 is 0 Å². The van der Waals surface area contributed by atoms with Gasteiger partial charge in [0.15, 0.2) is 0 Å². The van der Waals surface area contributed by atoms with Crippen LogP contribution in [0.1, 0.15) is 119 Å². The van der Waals surface area contributed by atoms with Gasteiger partial charge in [0.25, 0.3) is 0 Å². The molecule has 2 aliphatic carbocycles. The van der Waals surface area contributed by atoms with E-state index in [-0.39, 0.29) is 0 Å². The first-order valence-electron chi connectivity index (χ1n) is 12.9. The van der Waals surface area contributed by atoms with Crippen LogP contribution in [-0.4, -0.2) is 24.2 Å². The van der Waals surface area contributed by atoms with Gasteiger partial charge in [0.05, 0.1) is 0 Å². The predicted molar refractivity (Wildman–Crippen MR) is 125 cm³/mol. The van der Waals surface area contributed by atoms with Gasteiger partial charge in [-0.15, -0.1) is 0 Å². The molecule has 4 fully saturated rings. The molecule has 0 bridgehead atoms. The minimum atomic E-state index is 0.573. The standard InChI is InChI=1S/C13H25N.C11H21N.C2H6/c1-11(2)12-6-9-13(14-10-12)7-4-3-5-8-13;1-9(2)10-4-7-11(12-8-10)5-3-6-11;1-2/h11-12,14H,3-10H2,1-2H3;9-10,12H,3-8H2,1-2H3;1-2H3. The molecule has 2 heteroatoms. The second kappa shape index (κ2) is 11.3. The summed E-state index contributed by atoms with van der Waals surface area (Å²) in [6, 6.07) is 0. The lowest BCUT2D eigenvalue weighted by Gasteiger charge is -2.48. The zero-order valence-electron chi connectivity index (χ0n) is 20.2. The topological polar surface area (TPSA) is 24.1 Å². The highest BCUT2D eigenvalue weighted by atomic mass is 15.0. The highest BCUT2D eigenvalue weighted by molar-refractivity contribution is 4.99. The fourth-order valence-corrected chi connectivity index (χ4v) is 5.82. The van der Waals surface area contributed by atoms with Crippen LogP contribution in [0.5, 0.6) is 0 Å². The summed E-state index contributed by atoms with van der Waals surface area (Å²) in [7, 11) is 0. The minimum Gasteiger partial charge on any atom is -0.311 e. The lowest BCUT2D eigenvalue weighted by Crippen LogP contribution is -2.56. The zero-order valence-corrected chi connectivity index (χ0v) is 20.2. The van der Waals surface area contributed by atoms with E-state index in [1.807, 2.05) is 13.8 Å². The summed E-state index contributed by atoms with van der Waals surface area (Å²) >= 11 is 0. The van der Waals surface area contributed by atoms with Crippen molar-refractivity contribution in [1.29, 1.82) is 0 Å². The van der Waals surface area contributed by atoms with Crippen molar-refractivity contribution >= 4 is 0 Å². The molecule has 4 aliphatic rings. The molecular formula is C26H52N2. The van der Waals surface area contributed by atoms with Crippen molar-refractivity contribution in [3.8, 4) is 0 Å². The first kappa shape index (κ1) is 24.2. The average Bonchev–Trinajstić information content (AvgIpc) is 2.70. The van der Waals surface area contributed by atoms with E-state index in [4.69, 9.17) is 0 Å². The van der Waals surface area contributed by atoms with E-state index in [0.717, 1.165) is 23.7 Å². The Morgan fingerprint density at radius 3 is 1.21 bits per heavy atom. The Hall–Kier alpha value is -0.0800. The second-order valence-corrected chi connectivity index (χ2v) is 10.8. The fourth-order valence-electron chi connectivity index (χ4n) is 5.82. The van der Waals surface area contributed by atoms with Crippen molar-refractivity contribution in [2.24, 2.45) is 23.7 Å². The molecule has 28 heavy (non-hydrogen) atoms. The quantitative estimate of drug-likeness (QED) is 0.532. The summed E-state index contributed by atoms with van der Waals surface area (Å²) in [6.45, 7) is 16.0. The molecule has 2 saturated heterocycles. The third kappa shape index (κ3) is 6.46. The van der Waals surface area contributed by atoms with Gasteiger partial charge in [0, 0.05) is 11.1 Å². The molecular weight excluding hydrogens is 340 g/mol. The second-order valence-electron chi connectivity index (χ2n) is 10.8. The molecule has 2 N–H and O–H groups in total. The summed E-state index contributed by atoms with van der Waals surface area (Å²) in [5, 5.41) is 7.63. The molecule has 166 valence electrons. The SMILES string of the molecule is CC.CC(C)C1CCC2(CCC2)NC1.CC(C)C1CCC2(CCCCC2)NC1. The van der Waals surface area contributed by atoms with Crippen LogP contribution in [0.4, 0.5) is 0 Å². The molecule has 2 saturated carbocycles. The Morgan fingerprint density at radius 2 is 0.964 bits per heavy atom. The van der Waals surface area contributed by atoms with Gasteiger partial charge in [-0.3, -0.25) is 0 Å². The normalized spacial score (nSPS) is 30.9. The van der Waals surface area contributed by atoms with E-state index in [1.54, 1.807) is 0 Å². The third-order valence-electron chi connectivity index (χ3n) is 8.47. The van der Waals surface area contributed by atoms with Crippen molar-refractivity contribution in [3.05, 3.63) is 0 Å². The third-order valence-corrected chi connectivity index (χ3v) is 8.47. The van der Waals surface area contributed by atoms with E-state index in [9.17, 15) is 0 Å².